The maximum Gasteiger partial charge on any atom is 0.294 e. The van der Waals surface area contributed by atoms with Crippen molar-refractivity contribution in [2.75, 3.05) is 4.90 Å². The van der Waals surface area contributed by atoms with E-state index in [1.54, 1.807) is 25.1 Å². The normalized spacial score (nSPS) is 17.2. The van der Waals surface area contributed by atoms with Gasteiger partial charge in [0.15, 0.2) is 11.5 Å². The largest absolute Gasteiger partial charge is 0.503 e. The molecule has 0 fully saturated rings. The highest BCUT2D eigenvalue weighted by Gasteiger charge is 2.44. The van der Waals surface area contributed by atoms with Crippen molar-refractivity contribution in [3.05, 3.63) is 75.0 Å². The summed E-state index contributed by atoms with van der Waals surface area (Å²) in [5, 5.41) is 11.2. The number of ketones is 1. The van der Waals surface area contributed by atoms with Crippen LogP contribution >= 0.6 is 23.2 Å². The number of carbonyl (C=O) groups is 2. The lowest BCUT2D eigenvalue weighted by Gasteiger charge is -2.28. The maximum absolute atomic E-state index is 12.8. The SMILES string of the molecule is CCC(=O)C1=C(O)C(=O)N(c2cc(Cl)cc(Cl)c2)C1c1ccccc1C. The van der Waals surface area contributed by atoms with Crippen molar-refractivity contribution in [1.82, 2.24) is 0 Å². The summed E-state index contributed by atoms with van der Waals surface area (Å²) in [4.78, 5) is 26.7. The molecule has 6 heteroatoms. The number of carbonyl (C=O) groups excluding carboxylic acids is 2. The van der Waals surface area contributed by atoms with E-state index in [1.807, 2.05) is 31.2 Å². The van der Waals surface area contributed by atoms with E-state index in [1.165, 1.54) is 4.90 Å². The van der Waals surface area contributed by atoms with E-state index in [9.17, 15) is 14.7 Å². The summed E-state index contributed by atoms with van der Waals surface area (Å²) in [7, 11) is 0. The van der Waals surface area contributed by atoms with Crippen LogP contribution in [0.25, 0.3) is 0 Å². The lowest BCUT2D eigenvalue weighted by Crippen LogP contribution is -2.31. The number of benzene rings is 2. The number of nitrogens with zero attached hydrogens (tertiary/aromatic N) is 1. The molecule has 2 aromatic carbocycles. The van der Waals surface area contributed by atoms with Crippen molar-refractivity contribution in [1.29, 1.82) is 0 Å². The molecule has 134 valence electrons. The van der Waals surface area contributed by atoms with Crippen LogP contribution in [0, 0.1) is 6.92 Å². The number of anilines is 1. The molecular formula is C20H17Cl2NO3. The fourth-order valence-corrected chi connectivity index (χ4v) is 3.73. The van der Waals surface area contributed by atoms with Crippen molar-refractivity contribution in [3.8, 4) is 0 Å². The molecule has 3 rings (SSSR count). The third kappa shape index (κ3) is 3.11. The van der Waals surface area contributed by atoms with Gasteiger partial charge in [0.25, 0.3) is 5.91 Å². The van der Waals surface area contributed by atoms with Gasteiger partial charge in [0.2, 0.25) is 0 Å². The Morgan fingerprint density at radius 2 is 1.77 bits per heavy atom. The molecule has 1 heterocycles. The molecule has 1 N–H and O–H groups in total. The monoisotopic (exact) mass is 389 g/mol. The molecule has 2 aromatic rings. The average Bonchev–Trinajstić information content (AvgIpc) is 2.85. The topological polar surface area (TPSA) is 57.6 Å². The van der Waals surface area contributed by atoms with Gasteiger partial charge in [-0.15, -0.1) is 0 Å². The van der Waals surface area contributed by atoms with Crippen molar-refractivity contribution in [2.24, 2.45) is 0 Å². The number of hydrogen-bond acceptors (Lipinski definition) is 3. The zero-order valence-electron chi connectivity index (χ0n) is 14.3. The fraction of sp³-hybridized carbons (Fsp3) is 0.200. The van der Waals surface area contributed by atoms with Gasteiger partial charge in [-0.05, 0) is 36.2 Å². The summed E-state index contributed by atoms with van der Waals surface area (Å²) in [5.41, 5.74) is 2.19. The second-order valence-electron chi connectivity index (χ2n) is 6.10. The van der Waals surface area contributed by atoms with Crippen LogP contribution in [0.5, 0.6) is 0 Å². The van der Waals surface area contributed by atoms with Crippen molar-refractivity contribution in [2.45, 2.75) is 26.3 Å². The average molecular weight is 390 g/mol. The molecule has 0 aliphatic carbocycles. The Hall–Kier alpha value is -2.30. The Morgan fingerprint density at radius 3 is 2.35 bits per heavy atom. The third-order valence-corrected chi connectivity index (χ3v) is 4.87. The Labute approximate surface area is 161 Å². The molecular weight excluding hydrogens is 373 g/mol. The first kappa shape index (κ1) is 18.5. The molecule has 0 saturated carbocycles. The molecule has 0 spiro atoms. The zero-order valence-corrected chi connectivity index (χ0v) is 15.8. The summed E-state index contributed by atoms with van der Waals surface area (Å²) in [6.45, 7) is 3.59. The molecule has 4 nitrogen and oxygen atoms in total. The highest BCUT2D eigenvalue weighted by molar-refractivity contribution is 6.35. The van der Waals surface area contributed by atoms with Crippen LogP contribution in [-0.4, -0.2) is 16.8 Å². The second kappa shape index (κ2) is 7.14. The first-order chi connectivity index (χ1) is 12.3. The van der Waals surface area contributed by atoms with Crippen molar-refractivity contribution in [3.63, 3.8) is 0 Å². The van der Waals surface area contributed by atoms with Crippen LogP contribution in [0.4, 0.5) is 5.69 Å². The number of halogens is 2. The number of aryl methyl sites for hydroxylation is 1. The first-order valence-electron chi connectivity index (χ1n) is 8.16. The van der Waals surface area contributed by atoms with Crippen LogP contribution in [0.1, 0.15) is 30.5 Å². The Bertz CT molecular complexity index is 916. The molecule has 0 aromatic heterocycles. The zero-order chi connectivity index (χ0) is 19.0. The van der Waals surface area contributed by atoms with Crippen molar-refractivity contribution >= 4 is 40.6 Å². The van der Waals surface area contributed by atoms with Crippen LogP contribution in [0.3, 0.4) is 0 Å². The highest BCUT2D eigenvalue weighted by atomic mass is 35.5. The lowest BCUT2D eigenvalue weighted by atomic mass is 9.92. The van der Waals surface area contributed by atoms with Gasteiger partial charge < -0.3 is 5.11 Å². The lowest BCUT2D eigenvalue weighted by molar-refractivity contribution is -0.118. The fourth-order valence-electron chi connectivity index (χ4n) is 3.21. The highest BCUT2D eigenvalue weighted by Crippen LogP contribution is 2.43. The Balaban J connectivity index is 2.25. The smallest absolute Gasteiger partial charge is 0.294 e. The van der Waals surface area contributed by atoms with Gasteiger partial charge in [0.1, 0.15) is 0 Å². The van der Waals surface area contributed by atoms with E-state index in [2.05, 4.69) is 0 Å². The van der Waals surface area contributed by atoms with E-state index in [-0.39, 0.29) is 17.8 Å². The van der Waals surface area contributed by atoms with E-state index in [0.717, 1.165) is 11.1 Å². The summed E-state index contributed by atoms with van der Waals surface area (Å²) in [6, 6.07) is 11.4. The van der Waals surface area contributed by atoms with Crippen LogP contribution < -0.4 is 4.90 Å². The molecule has 0 bridgehead atoms. The summed E-state index contributed by atoms with van der Waals surface area (Å²) < 4.78 is 0. The molecule has 1 atom stereocenters. The van der Waals surface area contributed by atoms with E-state index >= 15 is 0 Å². The quantitative estimate of drug-likeness (QED) is 0.783. The molecule has 1 unspecified atom stereocenters. The number of rotatable bonds is 4. The summed E-state index contributed by atoms with van der Waals surface area (Å²) >= 11 is 12.2. The van der Waals surface area contributed by atoms with Gasteiger partial charge in [0.05, 0.1) is 11.6 Å². The minimum absolute atomic E-state index is 0.0999. The number of hydrogen-bond donors (Lipinski definition) is 1. The number of Topliss-reactive ketones (excluding diaryl/α,β-unsaturated/α-hetero) is 1. The van der Waals surface area contributed by atoms with E-state index in [4.69, 9.17) is 23.2 Å². The van der Waals surface area contributed by atoms with Gasteiger partial charge in [-0.2, -0.15) is 0 Å². The third-order valence-electron chi connectivity index (χ3n) is 4.44. The predicted molar refractivity (Wildman–Crippen MR) is 103 cm³/mol. The predicted octanol–water partition coefficient (Wildman–Crippen LogP) is 5.18. The Morgan fingerprint density at radius 1 is 1.15 bits per heavy atom. The van der Waals surface area contributed by atoms with Gasteiger partial charge in [-0.25, -0.2) is 0 Å². The Kier molecular flexibility index (Phi) is 5.08. The molecule has 1 aliphatic rings. The minimum Gasteiger partial charge on any atom is -0.503 e. The maximum atomic E-state index is 12.8. The standard InChI is InChI=1S/C20H17Cl2NO3/c1-3-16(24)17-18(15-7-5-4-6-11(15)2)23(20(26)19(17)25)14-9-12(21)8-13(22)10-14/h4-10,18,25H,3H2,1-2H3. The molecule has 0 radical (unpaired) electrons. The van der Waals surface area contributed by atoms with Crippen LogP contribution in [-0.2, 0) is 9.59 Å². The van der Waals surface area contributed by atoms with Crippen molar-refractivity contribution < 1.29 is 14.7 Å². The van der Waals surface area contributed by atoms with Gasteiger partial charge in [-0.3, -0.25) is 14.5 Å². The number of amides is 1. The first-order valence-corrected chi connectivity index (χ1v) is 8.92. The molecule has 26 heavy (non-hydrogen) atoms. The minimum atomic E-state index is -0.731. The summed E-state index contributed by atoms with van der Waals surface area (Å²) in [6.07, 6.45) is 0.180. The van der Waals surface area contributed by atoms with Crippen LogP contribution in [0.2, 0.25) is 10.0 Å². The molecule has 0 saturated heterocycles. The number of aliphatic hydroxyl groups excluding tert-OH is 1. The van der Waals surface area contributed by atoms with Crippen LogP contribution in [0.15, 0.2) is 53.8 Å². The van der Waals surface area contributed by atoms with Gasteiger partial charge >= 0.3 is 0 Å². The van der Waals surface area contributed by atoms with Gasteiger partial charge in [-0.1, -0.05) is 54.4 Å². The molecule has 1 amide bonds. The second-order valence-corrected chi connectivity index (χ2v) is 6.97. The van der Waals surface area contributed by atoms with E-state index < -0.39 is 17.7 Å². The molecule has 1 aliphatic heterocycles. The number of aliphatic hydroxyl groups is 1. The van der Waals surface area contributed by atoms with Gasteiger partial charge in [0, 0.05) is 22.2 Å². The van der Waals surface area contributed by atoms with E-state index in [0.29, 0.717) is 15.7 Å². The summed E-state index contributed by atoms with van der Waals surface area (Å²) in [5.74, 6) is -1.45.